The van der Waals surface area contributed by atoms with Crippen LogP contribution in [-0.4, -0.2) is 37.2 Å². The van der Waals surface area contributed by atoms with Gasteiger partial charge in [0.1, 0.15) is 13.2 Å². The smallest absolute Gasteiger partial charge is 0.309 e. The Bertz CT molecular complexity index is 1100. The Hall–Kier alpha value is -3.15. The predicted octanol–water partition coefficient (Wildman–Crippen LogP) is 15.1. The van der Waals surface area contributed by atoms with Crippen LogP contribution in [0.3, 0.4) is 0 Å². The van der Waals surface area contributed by atoms with Crippen LogP contribution in [0.4, 0.5) is 0 Å². The number of ether oxygens (including phenoxy) is 3. The van der Waals surface area contributed by atoms with E-state index in [0.717, 1.165) is 89.9 Å². The summed E-state index contributed by atoms with van der Waals surface area (Å²) in [7, 11) is 0. The molecule has 0 aromatic heterocycles. The third-order valence-corrected chi connectivity index (χ3v) is 9.71. The average molecular weight is 795 g/mol. The van der Waals surface area contributed by atoms with E-state index >= 15 is 0 Å². The van der Waals surface area contributed by atoms with Gasteiger partial charge in [0.15, 0.2) is 6.10 Å². The van der Waals surface area contributed by atoms with Gasteiger partial charge in [-0.15, -0.1) is 0 Å². The van der Waals surface area contributed by atoms with Gasteiger partial charge >= 0.3 is 17.9 Å². The molecule has 6 heteroatoms. The van der Waals surface area contributed by atoms with E-state index in [4.69, 9.17) is 14.2 Å². The van der Waals surface area contributed by atoms with Crippen LogP contribution < -0.4 is 0 Å². The summed E-state index contributed by atoms with van der Waals surface area (Å²) in [5.74, 6) is -1.05. The molecule has 0 amide bonds. The molecule has 326 valence electrons. The number of esters is 3. The molecule has 0 radical (unpaired) electrons. The highest BCUT2D eigenvalue weighted by molar-refractivity contribution is 5.72. The summed E-state index contributed by atoms with van der Waals surface area (Å²) in [6.45, 7) is 6.35. The highest BCUT2D eigenvalue weighted by Crippen LogP contribution is 2.14. The van der Waals surface area contributed by atoms with Crippen LogP contribution in [0.25, 0.3) is 0 Å². The maximum absolute atomic E-state index is 12.7. The Morgan fingerprint density at radius 1 is 0.386 bits per heavy atom. The first-order chi connectivity index (χ1) is 28.0. The van der Waals surface area contributed by atoms with Gasteiger partial charge in [0, 0.05) is 12.8 Å². The lowest BCUT2D eigenvalue weighted by Crippen LogP contribution is -2.30. The second-order valence-electron chi connectivity index (χ2n) is 15.3. The van der Waals surface area contributed by atoms with E-state index in [0.29, 0.717) is 12.8 Å². The third-order valence-electron chi connectivity index (χ3n) is 9.71. The molecular weight excluding hydrogens is 709 g/mol. The first-order valence-electron chi connectivity index (χ1n) is 23.4. The van der Waals surface area contributed by atoms with Crippen LogP contribution in [0.1, 0.15) is 213 Å². The Labute approximate surface area is 351 Å². The molecule has 0 aliphatic heterocycles. The number of carbonyl (C=O) groups is 3. The fourth-order valence-electron chi connectivity index (χ4n) is 6.22. The van der Waals surface area contributed by atoms with Crippen molar-refractivity contribution < 1.29 is 28.6 Å². The molecule has 1 atom stereocenters. The normalized spacial score (nSPS) is 12.7. The number of allylic oxidation sites excluding steroid dienone is 11. The Morgan fingerprint density at radius 3 is 1.28 bits per heavy atom. The first-order valence-corrected chi connectivity index (χ1v) is 23.4. The molecule has 0 fully saturated rings. The zero-order valence-electron chi connectivity index (χ0n) is 37.1. The molecule has 0 aliphatic rings. The fraction of sp³-hybridized carbons (Fsp3) is 0.706. The van der Waals surface area contributed by atoms with Gasteiger partial charge < -0.3 is 14.2 Å². The van der Waals surface area contributed by atoms with Gasteiger partial charge in [-0.05, 0) is 64.2 Å². The van der Waals surface area contributed by atoms with Gasteiger partial charge in [0.05, 0.1) is 6.42 Å². The Balaban J connectivity index is 4.50. The molecule has 0 spiro atoms. The number of hydrogen-bond donors (Lipinski definition) is 0. The van der Waals surface area contributed by atoms with Crippen LogP contribution in [0.2, 0.25) is 0 Å². The first kappa shape index (κ1) is 53.9. The van der Waals surface area contributed by atoms with Gasteiger partial charge in [-0.3, -0.25) is 14.4 Å². The van der Waals surface area contributed by atoms with Crippen LogP contribution in [-0.2, 0) is 28.6 Å². The molecular formula is C51H86O6. The van der Waals surface area contributed by atoms with Crippen molar-refractivity contribution in [1.29, 1.82) is 0 Å². The lowest BCUT2D eigenvalue weighted by atomic mass is 10.0. The second kappa shape index (κ2) is 45.6. The van der Waals surface area contributed by atoms with E-state index in [1.165, 1.54) is 83.5 Å². The van der Waals surface area contributed by atoms with Crippen LogP contribution >= 0.6 is 0 Å². The zero-order valence-corrected chi connectivity index (χ0v) is 37.1. The van der Waals surface area contributed by atoms with Crippen LogP contribution in [0, 0.1) is 0 Å². The van der Waals surface area contributed by atoms with Crippen molar-refractivity contribution in [3.8, 4) is 0 Å². The van der Waals surface area contributed by atoms with Gasteiger partial charge in [0.2, 0.25) is 0 Å². The number of unbranched alkanes of at least 4 members (excludes halogenated alkanes) is 19. The van der Waals surface area contributed by atoms with Gasteiger partial charge in [-0.1, -0.05) is 203 Å². The molecule has 0 aromatic carbocycles. The second-order valence-corrected chi connectivity index (χ2v) is 15.3. The molecule has 0 heterocycles. The summed E-state index contributed by atoms with van der Waals surface area (Å²) in [4.78, 5) is 37.7. The molecule has 0 aliphatic carbocycles. The molecule has 0 N–H and O–H groups in total. The maximum atomic E-state index is 12.7. The van der Waals surface area contributed by atoms with Crippen molar-refractivity contribution in [2.75, 3.05) is 13.2 Å². The lowest BCUT2D eigenvalue weighted by molar-refractivity contribution is -0.166. The van der Waals surface area contributed by atoms with Gasteiger partial charge in [-0.25, -0.2) is 0 Å². The standard InChI is InChI=1S/C51H86O6/c1-4-7-10-13-16-19-22-24-26-28-29-32-35-38-41-44-50(53)56-47-48(46-55-49(52)43-40-37-34-31-21-18-15-12-9-6-3)57-51(54)45-42-39-36-33-30-27-25-23-20-17-14-11-8-5-2/h7,10,12,15-16,19,24,26,29,32,38,41,48H,4-6,8-9,11,13-14,17-18,20-23,25,27-28,30-31,33-37,39-40,42-47H2,1-3H3/b10-7-,15-12-,19-16-,26-24-,32-29-,41-38-. The highest BCUT2D eigenvalue weighted by atomic mass is 16.6. The summed E-state index contributed by atoms with van der Waals surface area (Å²) >= 11 is 0. The molecule has 0 aromatic rings. The Kier molecular flexibility index (Phi) is 43.0. The van der Waals surface area contributed by atoms with E-state index in [1.807, 2.05) is 6.08 Å². The summed E-state index contributed by atoms with van der Waals surface area (Å²) in [5, 5.41) is 0. The van der Waals surface area contributed by atoms with Crippen molar-refractivity contribution in [3.63, 3.8) is 0 Å². The Morgan fingerprint density at radius 2 is 0.789 bits per heavy atom. The topological polar surface area (TPSA) is 78.9 Å². The van der Waals surface area contributed by atoms with Crippen molar-refractivity contribution in [2.24, 2.45) is 0 Å². The quantitative estimate of drug-likeness (QED) is 0.0265. The van der Waals surface area contributed by atoms with E-state index in [1.54, 1.807) is 6.08 Å². The van der Waals surface area contributed by atoms with E-state index in [2.05, 4.69) is 81.5 Å². The minimum Gasteiger partial charge on any atom is -0.462 e. The van der Waals surface area contributed by atoms with E-state index in [-0.39, 0.29) is 31.6 Å². The largest absolute Gasteiger partial charge is 0.462 e. The number of rotatable bonds is 41. The molecule has 0 saturated heterocycles. The monoisotopic (exact) mass is 795 g/mol. The van der Waals surface area contributed by atoms with E-state index in [9.17, 15) is 14.4 Å². The summed E-state index contributed by atoms with van der Waals surface area (Å²) in [5.41, 5.74) is 0. The average Bonchev–Trinajstić information content (AvgIpc) is 3.21. The molecule has 0 rings (SSSR count). The molecule has 6 nitrogen and oxygen atoms in total. The predicted molar refractivity (Wildman–Crippen MR) is 242 cm³/mol. The summed E-state index contributed by atoms with van der Waals surface area (Å²) in [6.07, 6.45) is 56.2. The van der Waals surface area contributed by atoms with Crippen molar-refractivity contribution >= 4 is 17.9 Å². The maximum Gasteiger partial charge on any atom is 0.309 e. The number of carbonyl (C=O) groups excluding carboxylic acids is 3. The minimum atomic E-state index is -0.814. The zero-order chi connectivity index (χ0) is 41.5. The van der Waals surface area contributed by atoms with Crippen molar-refractivity contribution in [2.45, 2.75) is 219 Å². The van der Waals surface area contributed by atoms with Crippen molar-refractivity contribution in [1.82, 2.24) is 0 Å². The number of hydrogen-bond acceptors (Lipinski definition) is 6. The van der Waals surface area contributed by atoms with Gasteiger partial charge in [0.25, 0.3) is 0 Å². The lowest BCUT2D eigenvalue weighted by Gasteiger charge is -2.18. The molecule has 57 heavy (non-hydrogen) atoms. The summed E-state index contributed by atoms with van der Waals surface area (Å²) < 4.78 is 16.6. The minimum absolute atomic E-state index is 0.109. The highest BCUT2D eigenvalue weighted by Gasteiger charge is 2.19. The van der Waals surface area contributed by atoms with Crippen LogP contribution in [0.15, 0.2) is 72.9 Å². The van der Waals surface area contributed by atoms with Gasteiger partial charge in [-0.2, -0.15) is 0 Å². The fourth-order valence-corrected chi connectivity index (χ4v) is 6.22. The molecule has 0 bridgehead atoms. The third kappa shape index (κ3) is 43.8. The molecule has 1 unspecified atom stereocenters. The van der Waals surface area contributed by atoms with E-state index < -0.39 is 12.1 Å². The van der Waals surface area contributed by atoms with Crippen LogP contribution in [0.5, 0.6) is 0 Å². The molecule has 0 saturated carbocycles. The summed E-state index contributed by atoms with van der Waals surface area (Å²) in [6, 6.07) is 0. The SMILES string of the molecule is CC/C=C\C/C=C\C/C=C\C/C=C\C/C=C\CC(=O)OCC(COC(=O)CCCCCCC/C=C\CCC)OC(=O)CCCCCCCCCCCCCCCC. The van der Waals surface area contributed by atoms with Crippen molar-refractivity contribution in [3.05, 3.63) is 72.9 Å².